The van der Waals surface area contributed by atoms with Crippen LogP contribution in [0.3, 0.4) is 0 Å². The zero-order chi connectivity index (χ0) is 25.6. The summed E-state index contributed by atoms with van der Waals surface area (Å²) < 4.78 is 32.3. The van der Waals surface area contributed by atoms with Gasteiger partial charge in [0, 0.05) is 17.6 Å². The fourth-order valence-electron chi connectivity index (χ4n) is 3.80. The number of nitrogens with one attached hydrogen (secondary N) is 3. The Labute approximate surface area is 213 Å². The second-order valence-electron chi connectivity index (χ2n) is 8.58. The van der Waals surface area contributed by atoms with Gasteiger partial charge in [-0.2, -0.15) is 0 Å². The highest BCUT2D eigenvalue weighted by Gasteiger charge is 2.28. The molecule has 1 saturated carbocycles. The summed E-state index contributed by atoms with van der Waals surface area (Å²) in [4.78, 5) is 24.6. The van der Waals surface area contributed by atoms with Crippen LogP contribution >= 0.6 is 11.6 Å². The van der Waals surface area contributed by atoms with Crippen molar-refractivity contribution in [1.29, 1.82) is 0 Å². The summed E-state index contributed by atoms with van der Waals surface area (Å²) in [5, 5.41) is 5.12. The molecule has 12 heteroatoms. The Morgan fingerprint density at radius 3 is 2.40 bits per heavy atom. The van der Waals surface area contributed by atoms with Gasteiger partial charge in [0.2, 0.25) is 0 Å². The third-order valence-corrected chi connectivity index (χ3v) is 7.40. The Balaban J connectivity index is 1.50. The van der Waals surface area contributed by atoms with Gasteiger partial charge in [0.05, 0.1) is 33.3 Å². The molecule has 0 atom stereocenters. The first-order valence-corrected chi connectivity index (χ1v) is 13.0. The fourth-order valence-corrected chi connectivity index (χ4v) is 4.89. The largest absolute Gasteiger partial charge is 0.496 e. The van der Waals surface area contributed by atoms with Crippen molar-refractivity contribution in [2.45, 2.75) is 48.3 Å². The van der Waals surface area contributed by atoms with Crippen LogP contribution in [0.25, 0.3) is 0 Å². The average molecular weight is 514 g/mol. The fraction of sp³-hybridized carbons (Fsp3) is 0.391. The van der Waals surface area contributed by atoms with E-state index in [1.54, 1.807) is 24.3 Å². The molecule has 1 aliphatic rings. The summed E-state index contributed by atoms with van der Waals surface area (Å²) in [6, 6.07) is 9.86. The zero-order valence-corrected chi connectivity index (χ0v) is 20.9. The average Bonchev–Trinajstić information content (AvgIpc) is 2.80. The molecule has 3 rings (SSSR count). The SMILES string of the molecule is [B]C1([B])CCC(NC(=O)NS(=O)(=O)c2ccc(CCNC(=O)c3cc(Cl)ccc3OC)cc2)CC1. The minimum atomic E-state index is -4.04. The number of urea groups is 1. The molecule has 2 aromatic rings. The standard InChI is InChI=1S/C23H26B2ClN3O5S/c1-34-20-7-4-16(26)14-19(20)21(30)27-13-10-15-2-5-18(6-3-15)35(32,33)29-22(31)28-17-8-11-23(24,25)12-9-17/h2-7,14,17H,8-13H2,1H3,(H,27,30)(H2,28,29,31). The molecule has 0 spiro atoms. The molecule has 4 radical (unpaired) electrons. The van der Waals surface area contributed by atoms with Crippen LogP contribution in [0.4, 0.5) is 4.79 Å². The molecule has 0 heterocycles. The van der Waals surface area contributed by atoms with E-state index in [4.69, 9.17) is 32.0 Å². The topological polar surface area (TPSA) is 114 Å². The van der Waals surface area contributed by atoms with E-state index in [1.165, 1.54) is 25.3 Å². The van der Waals surface area contributed by atoms with Crippen molar-refractivity contribution >= 4 is 49.3 Å². The Kier molecular flexibility index (Phi) is 8.77. The highest BCUT2D eigenvalue weighted by molar-refractivity contribution is 7.90. The molecule has 182 valence electrons. The lowest BCUT2D eigenvalue weighted by atomic mass is 9.48. The van der Waals surface area contributed by atoms with Gasteiger partial charge in [-0.05, 0) is 55.2 Å². The lowest BCUT2D eigenvalue weighted by Gasteiger charge is -2.35. The lowest BCUT2D eigenvalue weighted by molar-refractivity contribution is 0.0951. The summed E-state index contributed by atoms with van der Waals surface area (Å²) in [6.07, 6.45) is 2.71. The van der Waals surface area contributed by atoms with Gasteiger partial charge >= 0.3 is 6.03 Å². The van der Waals surface area contributed by atoms with Crippen molar-refractivity contribution in [3.63, 3.8) is 0 Å². The summed E-state index contributed by atoms with van der Waals surface area (Å²) in [5.41, 5.74) is 1.13. The van der Waals surface area contributed by atoms with Crippen LogP contribution in [0, 0.1) is 0 Å². The predicted octanol–water partition coefficient (Wildman–Crippen LogP) is 2.70. The zero-order valence-electron chi connectivity index (χ0n) is 19.3. The Bertz CT molecular complexity index is 1170. The number of benzene rings is 2. The molecule has 0 aromatic heterocycles. The third-order valence-electron chi connectivity index (χ3n) is 5.82. The minimum absolute atomic E-state index is 0.0457. The van der Waals surface area contributed by atoms with E-state index in [0.29, 0.717) is 55.0 Å². The summed E-state index contributed by atoms with van der Waals surface area (Å²) in [5.74, 6) is 0.0775. The molecule has 2 aromatic carbocycles. The molecule has 8 nitrogen and oxygen atoms in total. The molecular formula is C23H26B2ClN3O5S. The molecule has 0 unspecified atom stereocenters. The maximum absolute atomic E-state index is 12.6. The van der Waals surface area contributed by atoms with Gasteiger partial charge in [-0.1, -0.05) is 41.8 Å². The molecule has 0 saturated heterocycles. The predicted molar refractivity (Wildman–Crippen MR) is 136 cm³/mol. The van der Waals surface area contributed by atoms with Crippen LogP contribution in [0.5, 0.6) is 5.75 Å². The van der Waals surface area contributed by atoms with E-state index in [1.807, 2.05) is 4.72 Å². The summed E-state index contributed by atoms with van der Waals surface area (Å²) in [6.45, 7) is 0.315. The van der Waals surface area contributed by atoms with E-state index in [2.05, 4.69) is 10.6 Å². The second kappa shape index (κ2) is 11.4. The van der Waals surface area contributed by atoms with Gasteiger partial charge in [-0.15, -0.1) is 0 Å². The molecule has 35 heavy (non-hydrogen) atoms. The van der Waals surface area contributed by atoms with E-state index in [0.717, 1.165) is 5.56 Å². The first-order valence-electron chi connectivity index (χ1n) is 11.1. The second-order valence-corrected chi connectivity index (χ2v) is 10.7. The highest BCUT2D eigenvalue weighted by Crippen LogP contribution is 2.36. The maximum Gasteiger partial charge on any atom is 0.328 e. The van der Waals surface area contributed by atoms with Gasteiger partial charge in [-0.25, -0.2) is 17.9 Å². The monoisotopic (exact) mass is 513 g/mol. The third kappa shape index (κ3) is 7.67. The molecular weight excluding hydrogens is 487 g/mol. The van der Waals surface area contributed by atoms with Crippen LogP contribution in [0.15, 0.2) is 47.4 Å². The Morgan fingerprint density at radius 1 is 1.11 bits per heavy atom. The summed E-state index contributed by atoms with van der Waals surface area (Å²) >= 11 is 5.97. The van der Waals surface area contributed by atoms with Crippen LogP contribution in [-0.2, 0) is 16.4 Å². The molecule has 0 bridgehead atoms. The number of halogens is 1. The quantitative estimate of drug-likeness (QED) is 0.470. The molecule has 3 amide bonds. The lowest BCUT2D eigenvalue weighted by Crippen LogP contribution is -2.46. The van der Waals surface area contributed by atoms with E-state index >= 15 is 0 Å². The molecule has 1 aliphatic carbocycles. The van der Waals surface area contributed by atoms with Crippen LogP contribution in [0.1, 0.15) is 41.6 Å². The van der Waals surface area contributed by atoms with Gasteiger partial charge < -0.3 is 15.4 Å². The van der Waals surface area contributed by atoms with E-state index in [9.17, 15) is 18.0 Å². The summed E-state index contributed by atoms with van der Waals surface area (Å²) in [7, 11) is 9.17. The van der Waals surface area contributed by atoms with Crippen LogP contribution in [0.2, 0.25) is 10.2 Å². The normalized spacial score (nSPS) is 15.7. The van der Waals surface area contributed by atoms with Crippen LogP contribution < -0.4 is 20.1 Å². The van der Waals surface area contributed by atoms with Crippen molar-refractivity contribution in [2.75, 3.05) is 13.7 Å². The van der Waals surface area contributed by atoms with Gasteiger partial charge in [-0.3, -0.25) is 4.79 Å². The van der Waals surface area contributed by atoms with Crippen molar-refractivity contribution in [1.82, 2.24) is 15.4 Å². The number of carbonyl (C=O) groups is 2. The minimum Gasteiger partial charge on any atom is -0.496 e. The number of hydrogen-bond donors (Lipinski definition) is 3. The number of sulfonamides is 1. The Hall–Kier alpha value is -2.65. The molecule has 1 fully saturated rings. The van der Waals surface area contributed by atoms with Crippen LogP contribution in [-0.4, -0.2) is 55.7 Å². The number of amides is 3. The van der Waals surface area contributed by atoms with Crippen molar-refractivity contribution in [3.05, 3.63) is 58.6 Å². The number of carbonyl (C=O) groups excluding carboxylic acids is 2. The number of rotatable bonds is 8. The van der Waals surface area contributed by atoms with E-state index < -0.39 is 21.3 Å². The van der Waals surface area contributed by atoms with Crippen molar-refractivity contribution in [2.24, 2.45) is 0 Å². The molecule has 3 N–H and O–H groups in total. The number of hydrogen-bond acceptors (Lipinski definition) is 5. The van der Waals surface area contributed by atoms with Crippen molar-refractivity contribution < 1.29 is 22.7 Å². The van der Waals surface area contributed by atoms with Gasteiger partial charge in [0.1, 0.15) is 5.75 Å². The smallest absolute Gasteiger partial charge is 0.328 e. The van der Waals surface area contributed by atoms with Gasteiger partial charge in [0.25, 0.3) is 15.9 Å². The van der Waals surface area contributed by atoms with Gasteiger partial charge in [0.15, 0.2) is 0 Å². The maximum atomic E-state index is 12.6. The Morgan fingerprint density at radius 2 is 1.77 bits per heavy atom. The highest BCUT2D eigenvalue weighted by atomic mass is 35.5. The molecule has 0 aliphatic heterocycles. The van der Waals surface area contributed by atoms with E-state index in [-0.39, 0.29) is 16.8 Å². The first kappa shape index (κ1) is 26.9. The van der Waals surface area contributed by atoms with Crippen molar-refractivity contribution in [3.8, 4) is 5.75 Å². The number of ether oxygens (including phenoxy) is 1. The number of methoxy groups -OCH3 is 1. The first-order chi connectivity index (χ1) is 16.5.